The molecule has 3 unspecified atom stereocenters. The summed E-state index contributed by atoms with van der Waals surface area (Å²) in [5, 5.41) is 3.87. The zero-order valence-electron chi connectivity index (χ0n) is 11.2. The van der Waals surface area contributed by atoms with Gasteiger partial charge in [-0.2, -0.15) is 0 Å². The van der Waals surface area contributed by atoms with Gasteiger partial charge in [0.15, 0.2) is 0 Å². The molecule has 0 aromatic carbocycles. The fraction of sp³-hybridized carbons (Fsp3) is 1.00. The molecule has 3 rings (SSSR count). The van der Waals surface area contributed by atoms with Crippen LogP contribution >= 0.6 is 0 Å². The van der Waals surface area contributed by atoms with Crippen molar-refractivity contribution in [2.45, 2.75) is 76.0 Å². The van der Waals surface area contributed by atoms with Crippen molar-refractivity contribution in [3.8, 4) is 0 Å². The minimum Gasteiger partial charge on any atom is -0.381 e. The number of nitrogens with one attached hydrogen (secondary N) is 1. The smallest absolute Gasteiger partial charge is 0.0601 e. The van der Waals surface area contributed by atoms with Gasteiger partial charge in [0.25, 0.3) is 0 Å². The minimum atomic E-state index is 0.540. The van der Waals surface area contributed by atoms with E-state index < -0.39 is 0 Å². The van der Waals surface area contributed by atoms with Crippen LogP contribution in [0.5, 0.6) is 0 Å². The van der Waals surface area contributed by atoms with Crippen LogP contribution in [-0.2, 0) is 4.74 Å². The molecule has 0 spiro atoms. The topological polar surface area (TPSA) is 21.3 Å². The number of methoxy groups -OCH3 is 1. The molecular weight excluding hydrogens is 210 g/mol. The van der Waals surface area contributed by atoms with Crippen molar-refractivity contribution in [3.63, 3.8) is 0 Å². The van der Waals surface area contributed by atoms with E-state index in [1.165, 1.54) is 57.8 Å². The van der Waals surface area contributed by atoms with Gasteiger partial charge < -0.3 is 10.1 Å². The van der Waals surface area contributed by atoms with E-state index in [0.717, 1.165) is 23.9 Å². The van der Waals surface area contributed by atoms with E-state index in [1.54, 1.807) is 0 Å². The SMILES string of the molecule is COC1CC(NC2CCC3CCCCC3C2)C1. The highest BCUT2D eigenvalue weighted by atomic mass is 16.5. The Morgan fingerprint density at radius 3 is 2.35 bits per heavy atom. The lowest BCUT2D eigenvalue weighted by molar-refractivity contribution is 0.00930. The Bertz CT molecular complexity index is 249. The number of rotatable bonds is 3. The van der Waals surface area contributed by atoms with Crippen LogP contribution in [0.15, 0.2) is 0 Å². The molecule has 98 valence electrons. The highest BCUT2D eigenvalue weighted by Crippen LogP contribution is 2.40. The van der Waals surface area contributed by atoms with Gasteiger partial charge in [-0.25, -0.2) is 0 Å². The van der Waals surface area contributed by atoms with Crippen LogP contribution in [0, 0.1) is 11.8 Å². The van der Waals surface area contributed by atoms with Crippen LogP contribution in [-0.4, -0.2) is 25.3 Å². The molecule has 3 fully saturated rings. The second kappa shape index (κ2) is 5.27. The molecule has 2 nitrogen and oxygen atoms in total. The van der Waals surface area contributed by atoms with Crippen molar-refractivity contribution in [1.82, 2.24) is 5.32 Å². The molecule has 0 bridgehead atoms. The van der Waals surface area contributed by atoms with E-state index in [-0.39, 0.29) is 0 Å². The van der Waals surface area contributed by atoms with Gasteiger partial charge in [0.2, 0.25) is 0 Å². The lowest BCUT2D eigenvalue weighted by Gasteiger charge is -2.43. The van der Waals surface area contributed by atoms with Gasteiger partial charge in [0.1, 0.15) is 0 Å². The Hall–Kier alpha value is -0.0800. The summed E-state index contributed by atoms with van der Waals surface area (Å²) in [6.45, 7) is 0. The zero-order valence-corrected chi connectivity index (χ0v) is 11.2. The Morgan fingerprint density at radius 2 is 1.59 bits per heavy atom. The Morgan fingerprint density at radius 1 is 0.824 bits per heavy atom. The van der Waals surface area contributed by atoms with E-state index in [2.05, 4.69) is 5.32 Å². The molecule has 3 saturated carbocycles. The van der Waals surface area contributed by atoms with E-state index in [4.69, 9.17) is 4.74 Å². The number of ether oxygens (including phenoxy) is 1. The van der Waals surface area contributed by atoms with Crippen molar-refractivity contribution >= 4 is 0 Å². The summed E-state index contributed by atoms with van der Waals surface area (Å²) in [6, 6.07) is 1.57. The van der Waals surface area contributed by atoms with Gasteiger partial charge >= 0.3 is 0 Å². The molecule has 3 aliphatic carbocycles. The summed E-state index contributed by atoms with van der Waals surface area (Å²) in [7, 11) is 1.84. The predicted octanol–water partition coefficient (Wildman–Crippen LogP) is 3.11. The molecule has 0 radical (unpaired) electrons. The van der Waals surface area contributed by atoms with Crippen LogP contribution in [0.1, 0.15) is 57.8 Å². The van der Waals surface area contributed by atoms with E-state index >= 15 is 0 Å². The maximum absolute atomic E-state index is 5.35. The maximum Gasteiger partial charge on any atom is 0.0601 e. The van der Waals surface area contributed by atoms with Gasteiger partial charge in [-0.3, -0.25) is 0 Å². The first-order chi connectivity index (χ1) is 8.35. The Labute approximate surface area is 105 Å². The van der Waals surface area contributed by atoms with Crippen LogP contribution in [0.3, 0.4) is 0 Å². The summed E-state index contributed by atoms with van der Waals surface area (Å²) in [6.07, 6.45) is 13.4. The third-order valence-electron chi connectivity index (χ3n) is 5.44. The van der Waals surface area contributed by atoms with E-state index in [9.17, 15) is 0 Å². The fourth-order valence-corrected chi connectivity index (χ4v) is 4.25. The Balaban J connectivity index is 1.43. The van der Waals surface area contributed by atoms with Crippen molar-refractivity contribution in [2.24, 2.45) is 11.8 Å². The van der Waals surface area contributed by atoms with Crippen LogP contribution in [0.4, 0.5) is 0 Å². The molecule has 0 aliphatic heterocycles. The molecule has 0 aromatic rings. The highest BCUT2D eigenvalue weighted by molar-refractivity contribution is 4.92. The quantitative estimate of drug-likeness (QED) is 0.814. The van der Waals surface area contributed by atoms with E-state index in [1.807, 2.05) is 7.11 Å². The van der Waals surface area contributed by atoms with Crippen LogP contribution < -0.4 is 5.32 Å². The first kappa shape index (κ1) is 12.0. The summed E-state index contributed by atoms with van der Waals surface area (Å²) < 4.78 is 5.35. The van der Waals surface area contributed by atoms with Gasteiger partial charge in [0.05, 0.1) is 6.10 Å². The molecule has 0 amide bonds. The van der Waals surface area contributed by atoms with E-state index in [0.29, 0.717) is 6.10 Å². The second-order valence-corrected chi connectivity index (χ2v) is 6.51. The largest absolute Gasteiger partial charge is 0.381 e. The van der Waals surface area contributed by atoms with Crippen molar-refractivity contribution in [2.75, 3.05) is 7.11 Å². The lowest BCUT2D eigenvalue weighted by atomic mass is 9.69. The third kappa shape index (κ3) is 2.68. The van der Waals surface area contributed by atoms with Crippen molar-refractivity contribution < 1.29 is 4.74 Å². The second-order valence-electron chi connectivity index (χ2n) is 6.51. The van der Waals surface area contributed by atoms with Gasteiger partial charge in [-0.15, -0.1) is 0 Å². The Kier molecular flexibility index (Phi) is 3.72. The molecule has 0 aromatic heterocycles. The number of hydrogen-bond donors (Lipinski definition) is 1. The zero-order chi connectivity index (χ0) is 11.7. The minimum absolute atomic E-state index is 0.540. The maximum atomic E-state index is 5.35. The van der Waals surface area contributed by atoms with Gasteiger partial charge in [-0.05, 0) is 43.9 Å². The molecule has 1 N–H and O–H groups in total. The summed E-state index contributed by atoms with van der Waals surface area (Å²) in [4.78, 5) is 0. The molecule has 0 saturated heterocycles. The monoisotopic (exact) mass is 237 g/mol. The highest BCUT2D eigenvalue weighted by Gasteiger charge is 2.35. The normalized spacial score (nSPS) is 46.1. The molecule has 3 aliphatic rings. The average Bonchev–Trinajstić information content (AvgIpc) is 2.33. The standard InChI is InChI=1S/C15H27NO/c1-17-15-9-14(10-15)16-13-7-6-11-4-2-3-5-12(11)8-13/h11-16H,2-10H2,1H3. The number of hydrogen-bond acceptors (Lipinski definition) is 2. The first-order valence-corrected chi connectivity index (χ1v) is 7.64. The van der Waals surface area contributed by atoms with Crippen molar-refractivity contribution in [1.29, 1.82) is 0 Å². The average molecular weight is 237 g/mol. The third-order valence-corrected chi connectivity index (χ3v) is 5.44. The molecule has 2 heteroatoms. The number of fused-ring (bicyclic) bond motifs is 1. The molecule has 0 heterocycles. The van der Waals surface area contributed by atoms with Crippen molar-refractivity contribution in [3.05, 3.63) is 0 Å². The van der Waals surface area contributed by atoms with Crippen LogP contribution in [0.2, 0.25) is 0 Å². The fourth-order valence-electron chi connectivity index (χ4n) is 4.25. The summed E-state index contributed by atoms with van der Waals surface area (Å²) in [5.41, 5.74) is 0. The summed E-state index contributed by atoms with van der Waals surface area (Å²) in [5.74, 6) is 2.13. The van der Waals surface area contributed by atoms with Crippen LogP contribution in [0.25, 0.3) is 0 Å². The molecule has 3 atom stereocenters. The first-order valence-electron chi connectivity index (χ1n) is 7.64. The van der Waals surface area contributed by atoms with Gasteiger partial charge in [0, 0.05) is 19.2 Å². The molecule has 17 heavy (non-hydrogen) atoms. The summed E-state index contributed by atoms with van der Waals surface area (Å²) >= 11 is 0. The molecular formula is C15H27NO. The van der Waals surface area contributed by atoms with Gasteiger partial charge in [-0.1, -0.05) is 25.7 Å². The predicted molar refractivity (Wildman–Crippen MR) is 70.0 cm³/mol. The lowest BCUT2D eigenvalue weighted by Crippen LogP contribution is -2.51.